The van der Waals surface area contributed by atoms with Crippen LogP contribution in [0.5, 0.6) is 0 Å². The molecular formula is C21H21ClN2O3. The molecule has 140 valence electrons. The second kappa shape index (κ2) is 8.35. The normalized spacial score (nSPS) is 12.3. The van der Waals surface area contributed by atoms with Crippen molar-refractivity contribution in [1.82, 2.24) is 9.38 Å². The fourth-order valence-electron chi connectivity index (χ4n) is 2.97. The number of aromatic nitrogens is 2. The molecule has 0 saturated heterocycles. The van der Waals surface area contributed by atoms with Crippen molar-refractivity contribution in [1.29, 1.82) is 0 Å². The summed E-state index contributed by atoms with van der Waals surface area (Å²) in [6.07, 6.45) is 2.20. The van der Waals surface area contributed by atoms with Crippen molar-refractivity contribution in [3.63, 3.8) is 0 Å². The Kier molecular flexibility index (Phi) is 5.91. The summed E-state index contributed by atoms with van der Waals surface area (Å²) in [6, 6.07) is 14.3. The van der Waals surface area contributed by atoms with Crippen molar-refractivity contribution in [2.45, 2.75) is 32.8 Å². The molecule has 0 fully saturated rings. The van der Waals surface area contributed by atoms with Gasteiger partial charge in [0.2, 0.25) is 0 Å². The molecule has 0 N–H and O–H groups in total. The molecular weight excluding hydrogens is 364 g/mol. The zero-order valence-corrected chi connectivity index (χ0v) is 16.0. The molecule has 0 aliphatic heterocycles. The van der Waals surface area contributed by atoms with Crippen LogP contribution in [0, 0.1) is 5.92 Å². The van der Waals surface area contributed by atoms with Gasteiger partial charge in [-0.3, -0.25) is 14.0 Å². The highest BCUT2D eigenvalue weighted by Gasteiger charge is 2.23. The second-order valence-corrected chi connectivity index (χ2v) is 7.30. The zero-order valence-electron chi connectivity index (χ0n) is 15.3. The van der Waals surface area contributed by atoms with Crippen LogP contribution in [0.1, 0.15) is 37.4 Å². The molecule has 0 saturated carbocycles. The number of carbonyl (C=O) groups is 1. The maximum atomic E-state index is 12.7. The molecule has 0 radical (unpaired) electrons. The lowest BCUT2D eigenvalue weighted by Crippen LogP contribution is -2.20. The summed E-state index contributed by atoms with van der Waals surface area (Å²) in [5.74, 6) is -0.310. The predicted octanol–water partition coefficient (Wildman–Crippen LogP) is 4.22. The maximum absolute atomic E-state index is 12.7. The van der Waals surface area contributed by atoms with Crippen LogP contribution >= 0.6 is 11.6 Å². The summed E-state index contributed by atoms with van der Waals surface area (Å²) in [7, 11) is 0. The number of rotatable bonds is 6. The van der Waals surface area contributed by atoms with E-state index < -0.39 is 0 Å². The van der Waals surface area contributed by atoms with Gasteiger partial charge in [-0.05, 0) is 30.0 Å². The summed E-state index contributed by atoms with van der Waals surface area (Å²) in [5.41, 5.74) is 1.53. The van der Waals surface area contributed by atoms with Gasteiger partial charge in [-0.25, -0.2) is 4.98 Å². The van der Waals surface area contributed by atoms with E-state index in [1.54, 1.807) is 12.1 Å². The topological polar surface area (TPSA) is 60.7 Å². The highest BCUT2D eigenvalue weighted by molar-refractivity contribution is 6.30. The molecule has 2 aromatic heterocycles. The molecule has 3 rings (SSSR count). The lowest BCUT2D eigenvalue weighted by Gasteiger charge is -2.18. The SMILES string of the molecule is CC(C)CC(C(=O)OCc1cc(=O)n2cc(Cl)ccc2n1)c1ccccc1. The van der Waals surface area contributed by atoms with Crippen LogP contribution in [0.3, 0.4) is 0 Å². The average Bonchev–Trinajstić information content (AvgIpc) is 2.65. The van der Waals surface area contributed by atoms with E-state index in [4.69, 9.17) is 16.3 Å². The maximum Gasteiger partial charge on any atom is 0.313 e. The van der Waals surface area contributed by atoms with Gasteiger partial charge in [0.1, 0.15) is 12.3 Å². The van der Waals surface area contributed by atoms with Gasteiger partial charge in [-0.1, -0.05) is 55.8 Å². The fraction of sp³-hybridized carbons (Fsp3) is 0.286. The van der Waals surface area contributed by atoms with Crippen LogP contribution in [0.2, 0.25) is 5.02 Å². The summed E-state index contributed by atoms with van der Waals surface area (Å²) in [5, 5.41) is 0.449. The quantitative estimate of drug-likeness (QED) is 0.597. The summed E-state index contributed by atoms with van der Waals surface area (Å²) in [4.78, 5) is 29.3. The van der Waals surface area contributed by atoms with E-state index in [9.17, 15) is 9.59 Å². The minimum Gasteiger partial charge on any atom is -0.459 e. The van der Waals surface area contributed by atoms with Gasteiger partial charge in [0.15, 0.2) is 0 Å². The number of hydrogen-bond donors (Lipinski definition) is 0. The monoisotopic (exact) mass is 384 g/mol. The Morgan fingerprint density at radius 1 is 1.19 bits per heavy atom. The van der Waals surface area contributed by atoms with Crippen molar-refractivity contribution in [3.8, 4) is 0 Å². The Bertz CT molecular complexity index is 999. The van der Waals surface area contributed by atoms with Crippen molar-refractivity contribution >= 4 is 23.2 Å². The number of fused-ring (bicyclic) bond motifs is 1. The Balaban J connectivity index is 1.78. The molecule has 0 aliphatic rings. The van der Waals surface area contributed by atoms with Crippen molar-refractivity contribution in [2.24, 2.45) is 5.92 Å². The minimum absolute atomic E-state index is 0.0470. The third kappa shape index (κ3) is 4.74. The summed E-state index contributed by atoms with van der Waals surface area (Å²) < 4.78 is 6.86. The lowest BCUT2D eigenvalue weighted by atomic mass is 9.90. The highest BCUT2D eigenvalue weighted by Crippen LogP contribution is 2.25. The van der Waals surface area contributed by atoms with E-state index >= 15 is 0 Å². The number of benzene rings is 1. The summed E-state index contributed by atoms with van der Waals surface area (Å²) >= 11 is 5.91. The third-order valence-corrected chi connectivity index (χ3v) is 4.46. The lowest BCUT2D eigenvalue weighted by molar-refractivity contribution is -0.147. The number of halogens is 1. The molecule has 0 spiro atoms. The van der Waals surface area contributed by atoms with E-state index in [-0.39, 0.29) is 24.1 Å². The van der Waals surface area contributed by atoms with Gasteiger partial charge in [0, 0.05) is 12.3 Å². The van der Waals surface area contributed by atoms with Crippen molar-refractivity contribution in [2.75, 3.05) is 0 Å². The van der Waals surface area contributed by atoms with Gasteiger partial charge in [0.25, 0.3) is 5.56 Å². The molecule has 27 heavy (non-hydrogen) atoms. The molecule has 1 aromatic carbocycles. The number of nitrogens with zero attached hydrogens (tertiary/aromatic N) is 2. The van der Waals surface area contributed by atoms with Crippen LogP contribution in [0.25, 0.3) is 5.65 Å². The van der Waals surface area contributed by atoms with Crippen molar-refractivity contribution in [3.05, 3.63) is 81.4 Å². The van der Waals surface area contributed by atoms with Crippen LogP contribution < -0.4 is 5.56 Å². The molecule has 6 heteroatoms. The molecule has 0 aliphatic carbocycles. The van der Waals surface area contributed by atoms with Crippen LogP contribution in [-0.2, 0) is 16.1 Å². The van der Waals surface area contributed by atoms with E-state index in [2.05, 4.69) is 18.8 Å². The van der Waals surface area contributed by atoms with Gasteiger partial charge < -0.3 is 4.74 Å². The largest absolute Gasteiger partial charge is 0.459 e. The number of carbonyl (C=O) groups excluding carboxylic acids is 1. The van der Waals surface area contributed by atoms with E-state index in [1.165, 1.54) is 16.7 Å². The van der Waals surface area contributed by atoms with Gasteiger partial charge in [0.05, 0.1) is 16.6 Å². The minimum atomic E-state index is -0.341. The molecule has 5 nitrogen and oxygen atoms in total. The number of ether oxygens (including phenoxy) is 1. The third-order valence-electron chi connectivity index (χ3n) is 4.23. The molecule has 1 unspecified atom stereocenters. The Morgan fingerprint density at radius 3 is 2.63 bits per heavy atom. The zero-order chi connectivity index (χ0) is 19.4. The number of hydrogen-bond acceptors (Lipinski definition) is 4. The van der Waals surface area contributed by atoms with E-state index in [0.29, 0.717) is 28.7 Å². The molecule has 1 atom stereocenters. The van der Waals surface area contributed by atoms with Crippen molar-refractivity contribution < 1.29 is 9.53 Å². The Labute approximate surface area is 162 Å². The van der Waals surface area contributed by atoms with Crippen LogP contribution in [0.4, 0.5) is 0 Å². The molecule has 0 bridgehead atoms. The molecule has 3 aromatic rings. The average molecular weight is 385 g/mol. The first-order valence-corrected chi connectivity index (χ1v) is 9.21. The highest BCUT2D eigenvalue weighted by atomic mass is 35.5. The van der Waals surface area contributed by atoms with Gasteiger partial charge >= 0.3 is 5.97 Å². The number of pyridine rings is 1. The smallest absolute Gasteiger partial charge is 0.313 e. The number of esters is 1. The standard InChI is InChI=1S/C21H21ClN2O3/c1-14(2)10-18(15-6-4-3-5-7-15)21(26)27-13-17-11-20(25)24-12-16(22)8-9-19(24)23-17/h3-9,11-12,14,18H,10,13H2,1-2H3. The fourth-order valence-corrected chi connectivity index (χ4v) is 3.13. The predicted molar refractivity (Wildman–Crippen MR) is 105 cm³/mol. The second-order valence-electron chi connectivity index (χ2n) is 6.86. The van der Waals surface area contributed by atoms with Gasteiger partial charge in [-0.15, -0.1) is 0 Å². The first-order chi connectivity index (χ1) is 12.9. The van der Waals surface area contributed by atoms with Gasteiger partial charge in [-0.2, -0.15) is 0 Å². The Hall–Kier alpha value is -2.66. The summed E-state index contributed by atoms with van der Waals surface area (Å²) in [6.45, 7) is 4.09. The van der Waals surface area contributed by atoms with Crippen LogP contribution in [0.15, 0.2) is 59.5 Å². The molecule has 2 heterocycles. The van der Waals surface area contributed by atoms with E-state index in [0.717, 1.165) is 5.56 Å². The van der Waals surface area contributed by atoms with E-state index in [1.807, 2.05) is 30.3 Å². The first kappa shape index (κ1) is 19.1. The van der Waals surface area contributed by atoms with Crippen LogP contribution in [-0.4, -0.2) is 15.4 Å². The first-order valence-electron chi connectivity index (χ1n) is 8.83. The molecule has 0 amide bonds. The Morgan fingerprint density at radius 2 is 1.93 bits per heavy atom.